The predicted octanol–water partition coefficient (Wildman–Crippen LogP) is 9.39. The molecule has 2 aromatic carbocycles. The van der Waals surface area contributed by atoms with Crippen LogP contribution in [0, 0.1) is 0 Å². The van der Waals surface area contributed by atoms with E-state index in [9.17, 15) is 9.90 Å². The Balaban J connectivity index is 1.44. The van der Waals surface area contributed by atoms with Gasteiger partial charge in [0.1, 0.15) is 0 Å². The Morgan fingerprint density at radius 2 is 1.43 bits per heavy atom. The molecule has 1 aliphatic rings. The first-order valence-corrected chi connectivity index (χ1v) is 18.1. The van der Waals surface area contributed by atoms with Crippen LogP contribution in [0.2, 0.25) is 0 Å². The van der Waals surface area contributed by atoms with Crippen molar-refractivity contribution in [3.8, 4) is 0 Å². The van der Waals surface area contributed by atoms with E-state index in [1.807, 2.05) is 36.4 Å². The lowest BCUT2D eigenvalue weighted by Crippen LogP contribution is -2.40. The van der Waals surface area contributed by atoms with Gasteiger partial charge in [-0.2, -0.15) is 0 Å². The molecule has 1 aliphatic heterocycles. The fraction of sp³-hybridized carbons (Fsp3) is 0.550. The van der Waals surface area contributed by atoms with Crippen molar-refractivity contribution >= 4 is 11.6 Å². The highest BCUT2D eigenvalue weighted by molar-refractivity contribution is 6.04. The quantitative estimate of drug-likeness (QED) is 0.113. The van der Waals surface area contributed by atoms with Gasteiger partial charge in [-0.05, 0) is 61.3 Å². The van der Waals surface area contributed by atoms with Gasteiger partial charge in [-0.25, -0.2) is 0 Å². The second-order valence-corrected chi connectivity index (χ2v) is 13.0. The average Bonchev–Trinajstić information content (AvgIpc) is 3.11. The van der Waals surface area contributed by atoms with Crippen LogP contribution < -0.4 is 5.32 Å². The summed E-state index contributed by atoms with van der Waals surface area (Å²) < 4.78 is 13.3. The number of carbonyl (C=O) groups excluding carboxylic acids is 1. The highest BCUT2D eigenvalue weighted by atomic mass is 16.7. The Morgan fingerprint density at radius 3 is 2.02 bits per heavy atom. The van der Waals surface area contributed by atoms with Crippen molar-refractivity contribution in [2.24, 2.45) is 0 Å². The number of aliphatic hydroxyl groups excluding tert-OH is 1. The van der Waals surface area contributed by atoms with Gasteiger partial charge in [0.2, 0.25) is 0 Å². The summed E-state index contributed by atoms with van der Waals surface area (Å²) in [4.78, 5) is 19.3. The molecule has 7 nitrogen and oxygen atoms in total. The van der Waals surface area contributed by atoms with Gasteiger partial charge < -0.3 is 24.8 Å². The maximum Gasteiger partial charge on any atom is 0.257 e. The van der Waals surface area contributed by atoms with E-state index in [4.69, 9.17) is 9.47 Å². The molecular weight excluding hydrogens is 586 g/mol. The minimum Gasteiger partial charge on any atom is -0.392 e. The molecule has 1 fully saturated rings. The normalized spacial score (nSPS) is 18.0. The summed E-state index contributed by atoms with van der Waals surface area (Å²) >= 11 is 0. The van der Waals surface area contributed by atoms with Crippen LogP contribution in [0.5, 0.6) is 0 Å². The van der Waals surface area contributed by atoms with E-state index in [0.29, 0.717) is 11.3 Å². The van der Waals surface area contributed by atoms with E-state index in [0.717, 1.165) is 42.7 Å². The summed E-state index contributed by atoms with van der Waals surface area (Å²) in [5.74, 6) is -0.196. The van der Waals surface area contributed by atoms with Crippen molar-refractivity contribution in [2.75, 3.05) is 25.0 Å². The fourth-order valence-corrected chi connectivity index (χ4v) is 6.27. The Morgan fingerprint density at radius 1 is 0.809 bits per heavy atom. The van der Waals surface area contributed by atoms with Gasteiger partial charge in [-0.3, -0.25) is 9.78 Å². The summed E-state index contributed by atoms with van der Waals surface area (Å²) in [5, 5.41) is 12.5. The van der Waals surface area contributed by atoms with Crippen molar-refractivity contribution in [1.29, 1.82) is 0 Å². The number of unbranched alkanes of at least 4 members (excludes halogenated alkanes) is 10. The lowest BCUT2D eigenvalue weighted by atomic mass is 9.99. The van der Waals surface area contributed by atoms with Crippen LogP contribution in [-0.2, 0) is 16.1 Å². The SMILES string of the molecule is CCCCCCCCN(CCCCCCCC)C[C@@H]1C[C@H](c2ccc(CO)cc2)O[C@H](c2ccc(NC(=O)c3cccnc3)cc2)O1. The molecule has 0 radical (unpaired) electrons. The van der Waals surface area contributed by atoms with Gasteiger partial charge in [-0.1, -0.05) is 114 Å². The number of nitrogens with zero attached hydrogens (tertiary/aromatic N) is 2. The zero-order valence-corrected chi connectivity index (χ0v) is 28.7. The summed E-state index contributed by atoms with van der Waals surface area (Å²) in [6, 6.07) is 19.3. The van der Waals surface area contributed by atoms with Gasteiger partial charge in [0.05, 0.1) is 24.4 Å². The summed E-state index contributed by atoms with van der Waals surface area (Å²) in [6.45, 7) is 7.66. The van der Waals surface area contributed by atoms with E-state index >= 15 is 0 Å². The number of hydrogen-bond donors (Lipinski definition) is 2. The number of anilines is 1. The Kier molecular flexibility index (Phi) is 16.4. The van der Waals surface area contributed by atoms with E-state index in [1.54, 1.807) is 24.5 Å². The van der Waals surface area contributed by atoms with Crippen LogP contribution >= 0.6 is 0 Å². The van der Waals surface area contributed by atoms with E-state index in [-0.39, 0.29) is 24.7 Å². The van der Waals surface area contributed by atoms with Gasteiger partial charge in [0, 0.05) is 36.6 Å². The minimum absolute atomic E-state index is 0.0152. The van der Waals surface area contributed by atoms with Crippen LogP contribution in [0.1, 0.15) is 137 Å². The third-order valence-electron chi connectivity index (χ3n) is 9.10. The molecule has 256 valence electrons. The van der Waals surface area contributed by atoms with E-state index in [2.05, 4.69) is 41.2 Å². The van der Waals surface area contributed by atoms with Gasteiger partial charge in [0.15, 0.2) is 6.29 Å². The highest BCUT2D eigenvalue weighted by Gasteiger charge is 2.33. The molecule has 4 rings (SSSR count). The molecule has 1 saturated heterocycles. The molecule has 3 atom stereocenters. The molecule has 0 saturated carbocycles. The lowest BCUT2D eigenvalue weighted by molar-refractivity contribution is -0.253. The molecule has 2 N–H and O–H groups in total. The van der Waals surface area contributed by atoms with Crippen LogP contribution in [0.15, 0.2) is 73.1 Å². The molecule has 0 bridgehead atoms. The lowest BCUT2D eigenvalue weighted by Gasteiger charge is -2.38. The second-order valence-electron chi connectivity index (χ2n) is 13.0. The highest BCUT2D eigenvalue weighted by Crippen LogP contribution is 2.38. The molecule has 1 amide bonds. The Labute approximate surface area is 283 Å². The molecule has 0 spiro atoms. The minimum atomic E-state index is -0.524. The Bertz CT molecular complexity index is 1250. The Hall–Kier alpha value is -3.10. The molecule has 1 aromatic heterocycles. The zero-order chi connectivity index (χ0) is 33.1. The largest absolute Gasteiger partial charge is 0.392 e. The third-order valence-corrected chi connectivity index (χ3v) is 9.10. The average molecular weight is 644 g/mol. The number of benzene rings is 2. The zero-order valence-electron chi connectivity index (χ0n) is 28.7. The molecular formula is C40H57N3O4. The maximum atomic E-state index is 12.7. The summed E-state index contributed by atoms with van der Waals surface area (Å²) in [6.07, 6.45) is 18.9. The van der Waals surface area contributed by atoms with Gasteiger partial charge >= 0.3 is 0 Å². The van der Waals surface area contributed by atoms with Crippen LogP contribution in [0.4, 0.5) is 5.69 Å². The number of aliphatic hydroxyl groups is 1. The molecule has 47 heavy (non-hydrogen) atoms. The van der Waals surface area contributed by atoms with Crippen LogP contribution in [0.3, 0.4) is 0 Å². The number of aromatic nitrogens is 1. The number of nitrogens with one attached hydrogen (secondary N) is 1. The van der Waals surface area contributed by atoms with Crippen molar-refractivity contribution in [1.82, 2.24) is 9.88 Å². The molecule has 2 heterocycles. The van der Waals surface area contributed by atoms with Crippen LogP contribution in [0.25, 0.3) is 0 Å². The number of amides is 1. The van der Waals surface area contributed by atoms with E-state index < -0.39 is 6.29 Å². The van der Waals surface area contributed by atoms with Crippen molar-refractivity contribution in [3.05, 3.63) is 95.3 Å². The first-order chi connectivity index (χ1) is 23.1. The van der Waals surface area contributed by atoms with E-state index in [1.165, 1.54) is 77.0 Å². The number of pyridine rings is 1. The third kappa shape index (κ3) is 12.8. The first kappa shape index (κ1) is 36.7. The number of rotatable bonds is 21. The monoisotopic (exact) mass is 643 g/mol. The van der Waals surface area contributed by atoms with Gasteiger partial charge in [-0.15, -0.1) is 0 Å². The standard InChI is InChI=1S/C40H57N3O4/c1-3-5-7-9-11-13-26-43(27-14-12-10-8-6-4-2)30-37-28-38(33-19-17-32(31-44)18-20-33)47-40(46-37)34-21-23-36(24-22-34)42-39(45)35-16-15-25-41-29-35/h15-25,29,37-38,40,44H,3-14,26-28,30-31H2,1-2H3,(H,42,45)/t37-,38+,40+/m0/s1. The predicted molar refractivity (Wildman–Crippen MR) is 190 cm³/mol. The topological polar surface area (TPSA) is 83.9 Å². The molecule has 7 heteroatoms. The molecule has 3 aromatic rings. The van der Waals surface area contributed by atoms with Crippen LogP contribution in [-0.4, -0.2) is 46.6 Å². The van der Waals surface area contributed by atoms with Crippen molar-refractivity contribution in [2.45, 2.75) is 122 Å². The number of hydrogen-bond acceptors (Lipinski definition) is 6. The smallest absolute Gasteiger partial charge is 0.257 e. The van der Waals surface area contributed by atoms with Crippen molar-refractivity contribution < 1.29 is 19.4 Å². The van der Waals surface area contributed by atoms with Gasteiger partial charge in [0.25, 0.3) is 5.91 Å². The molecule has 0 aliphatic carbocycles. The number of ether oxygens (including phenoxy) is 2. The molecule has 0 unspecified atom stereocenters. The first-order valence-electron chi connectivity index (χ1n) is 18.1. The fourth-order valence-electron chi connectivity index (χ4n) is 6.27. The summed E-state index contributed by atoms with van der Waals surface area (Å²) in [5.41, 5.74) is 4.13. The second kappa shape index (κ2) is 21.0. The maximum absolute atomic E-state index is 12.7. The number of carbonyl (C=O) groups is 1. The van der Waals surface area contributed by atoms with Crippen molar-refractivity contribution in [3.63, 3.8) is 0 Å². The summed E-state index contributed by atoms with van der Waals surface area (Å²) in [7, 11) is 0.